The Morgan fingerprint density at radius 3 is 2.70 bits per heavy atom. The van der Waals surface area contributed by atoms with Crippen molar-refractivity contribution in [2.75, 3.05) is 17.3 Å². The van der Waals surface area contributed by atoms with Crippen molar-refractivity contribution in [1.82, 2.24) is 15.0 Å². The van der Waals surface area contributed by atoms with Gasteiger partial charge in [-0.1, -0.05) is 0 Å². The lowest BCUT2D eigenvalue weighted by Crippen LogP contribution is -2.14. The van der Waals surface area contributed by atoms with E-state index in [1.807, 2.05) is 0 Å². The van der Waals surface area contributed by atoms with E-state index in [0.29, 0.717) is 22.8 Å². The second-order valence-corrected chi connectivity index (χ2v) is 5.40. The maximum absolute atomic E-state index is 13.9. The van der Waals surface area contributed by atoms with Crippen LogP contribution in [0.4, 0.5) is 21.5 Å². The van der Waals surface area contributed by atoms with Gasteiger partial charge in [0.1, 0.15) is 17.8 Å². The zero-order chi connectivity index (χ0) is 16.2. The highest BCUT2D eigenvalue weighted by atomic mass is 32.1. The Labute approximate surface area is 135 Å². The van der Waals surface area contributed by atoms with E-state index in [2.05, 4.69) is 20.3 Å². The Morgan fingerprint density at radius 1 is 1.22 bits per heavy atom. The summed E-state index contributed by atoms with van der Waals surface area (Å²) < 4.78 is 13.9. The lowest BCUT2D eigenvalue weighted by atomic mass is 10.2. The molecule has 0 spiro atoms. The predicted molar refractivity (Wildman–Crippen MR) is 86.6 cm³/mol. The molecule has 2 aromatic heterocycles. The van der Waals surface area contributed by atoms with Gasteiger partial charge in [-0.25, -0.2) is 19.3 Å². The third-order valence-electron chi connectivity index (χ3n) is 3.13. The molecule has 0 saturated heterocycles. The maximum Gasteiger partial charge on any atom is 0.275 e. The van der Waals surface area contributed by atoms with Gasteiger partial charge in [0.25, 0.3) is 5.91 Å². The second kappa shape index (κ2) is 6.49. The molecule has 3 aromatic rings. The van der Waals surface area contributed by atoms with E-state index in [1.165, 1.54) is 29.8 Å². The molecule has 3 rings (SSSR count). The fourth-order valence-electron chi connectivity index (χ4n) is 1.97. The third-order valence-corrected chi connectivity index (χ3v) is 3.71. The molecule has 0 atom stereocenters. The lowest BCUT2D eigenvalue weighted by molar-refractivity contribution is 0.102. The number of amides is 1. The number of hydrogen-bond acceptors (Lipinski definition) is 6. The molecule has 116 valence electrons. The van der Waals surface area contributed by atoms with Gasteiger partial charge in [-0.15, -0.1) is 11.3 Å². The fourth-order valence-corrected chi connectivity index (χ4v) is 2.51. The summed E-state index contributed by atoms with van der Waals surface area (Å²) in [6.45, 7) is 0. The molecule has 0 saturated carbocycles. The van der Waals surface area contributed by atoms with Crippen LogP contribution >= 0.6 is 11.3 Å². The van der Waals surface area contributed by atoms with Gasteiger partial charge in [0.15, 0.2) is 0 Å². The van der Waals surface area contributed by atoms with Crippen molar-refractivity contribution in [3.8, 4) is 0 Å². The Morgan fingerprint density at radius 2 is 2.00 bits per heavy atom. The summed E-state index contributed by atoms with van der Waals surface area (Å²) in [6.07, 6.45) is 4.65. The first-order chi connectivity index (χ1) is 11.1. The van der Waals surface area contributed by atoms with Crippen LogP contribution in [-0.4, -0.2) is 27.9 Å². The van der Waals surface area contributed by atoms with Crippen LogP contribution in [0.1, 0.15) is 10.5 Å². The SMILES string of the molecule is CN(c1cncnc1)c1cc(F)cc(NC(=O)c2cscn2)c1. The number of benzene rings is 1. The highest BCUT2D eigenvalue weighted by molar-refractivity contribution is 7.07. The number of rotatable bonds is 4. The van der Waals surface area contributed by atoms with Crippen LogP contribution in [-0.2, 0) is 0 Å². The summed E-state index contributed by atoms with van der Waals surface area (Å²) in [5.74, 6) is -0.840. The van der Waals surface area contributed by atoms with E-state index in [4.69, 9.17) is 0 Å². The van der Waals surface area contributed by atoms with Gasteiger partial charge in [0.2, 0.25) is 0 Å². The summed E-state index contributed by atoms with van der Waals surface area (Å²) in [7, 11) is 1.76. The van der Waals surface area contributed by atoms with E-state index in [-0.39, 0.29) is 5.91 Å². The van der Waals surface area contributed by atoms with Crippen LogP contribution in [0, 0.1) is 5.82 Å². The Hall–Kier alpha value is -2.87. The first-order valence-corrected chi connectivity index (χ1v) is 7.56. The normalized spacial score (nSPS) is 10.3. The zero-order valence-corrected chi connectivity index (χ0v) is 12.9. The standard InChI is InChI=1S/C15H12FN5OS/c1-21(13-5-17-8-18-6-13)12-3-10(16)2-11(4-12)20-15(22)14-7-23-9-19-14/h2-9H,1H3,(H,20,22). The molecular formula is C15H12FN5OS. The van der Waals surface area contributed by atoms with Crippen LogP contribution in [0.5, 0.6) is 0 Å². The van der Waals surface area contributed by atoms with Crippen LogP contribution in [0.15, 0.2) is 47.8 Å². The molecule has 0 aliphatic heterocycles. The first-order valence-electron chi connectivity index (χ1n) is 6.62. The predicted octanol–water partition coefficient (Wildman–Crippen LogP) is 3.09. The highest BCUT2D eigenvalue weighted by Gasteiger charge is 2.12. The van der Waals surface area contributed by atoms with Gasteiger partial charge in [0, 0.05) is 23.8 Å². The van der Waals surface area contributed by atoms with Gasteiger partial charge in [-0.2, -0.15) is 0 Å². The molecule has 1 amide bonds. The molecule has 0 aliphatic rings. The number of nitrogens with one attached hydrogen (secondary N) is 1. The van der Waals surface area contributed by atoms with Crippen LogP contribution in [0.25, 0.3) is 0 Å². The van der Waals surface area contributed by atoms with Crippen molar-refractivity contribution in [1.29, 1.82) is 0 Å². The van der Waals surface area contributed by atoms with Crippen molar-refractivity contribution in [2.45, 2.75) is 0 Å². The number of halogens is 1. The van der Waals surface area contributed by atoms with Crippen molar-refractivity contribution >= 4 is 34.3 Å². The monoisotopic (exact) mass is 329 g/mol. The zero-order valence-electron chi connectivity index (χ0n) is 12.1. The van der Waals surface area contributed by atoms with Crippen LogP contribution in [0.3, 0.4) is 0 Å². The van der Waals surface area contributed by atoms with E-state index >= 15 is 0 Å². The highest BCUT2D eigenvalue weighted by Crippen LogP contribution is 2.26. The molecule has 0 fully saturated rings. The van der Waals surface area contributed by atoms with Crippen LogP contribution < -0.4 is 10.2 Å². The molecule has 6 nitrogen and oxygen atoms in total. The van der Waals surface area contributed by atoms with Crippen molar-refractivity contribution in [3.63, 3.8) is 0 Å². The number of carbonyl (C=O) groups is 1. The van der Waals surface area contributed by atoms with Crippen molar-refractivity contribution in [3.05, 3.63) is 59.3 Å². The van der Waals surface area contributed by atoms with E-state index in [1.54, 1.807) is 41.3 Å². The number of nitrogens with zero attached hydrogens (tertiary/aromatic N) is 4. The topological polar surface area (TPSA) is 71.0 Å². The molecule has 0 radical (unpaired) electrons. The fraction of sp³-hybridized carbons (Fsp3) is 0.0667. The van der Waals surface area contributed by atoms with Crippen molar-refractivity contribution in [2.24, 2.45) is 0 Å². The average molecular weight is 329 g/mol. The van der Waals surface area contributed by atoms with E-state index in [0.717, 1.165) is 0 Å². The molecule has 0 unspecified atom stereocenters. The van der Waals surface area contributed by atoms with Gasteiger partial charge in [-0.3, -0.25) is 4.79 Å². The number of thiazole rings is 1. The van der Waals surface area contributed by atoms with Gasteiger partial charge >= 0.3 is 0 Å². The molecule has 1 N–H and O–H groups in total. The summed E-state index contributed by atoms with van der Waals surface area (Å²) in [5.41, 5.74) is 3.48. The van der Waals surface area contributed by atoms with Gasteiger partial charge in [0.05, 0.1) is 23.6 Å². The minimum absolute atomic E-state index is 0.297. The second-order valence-electron chi connectivity index (χ2n) is 4.68. The molecule has 0 aliphatic carbocycles. The smallest absolute Gasteiger partial charge is 0.275 e. The largest absolute Gasteiger partial charge is 0.342 e. The Kier molecular flexibility index (Phi) is 4.24. The minimum atomic E-state index is -0.459. The number of aromatic nitrogens is 3. The Balaban J connectivity index is 1.86. The maximum atomic E-state index is 13.9. The quantitative estimate of drug-likeness (QED) is 0.796. The molecule has 1 aromatic carbocycles. The van der Waals surface area contributed by atoms with Crippen molar-refractivity contribution < 1.29 is 9.18 Å². The van der Waals surface area contributed by atoms with Gasteiger partial charge in [-0.05, 0) is 18.2 Å². The minimum Gasteiger partial charge on any atom is -0.342 e. The Bertz CT molecular complexity index is 810. The summed E-state index contributed by atoms with van der Waals surface area (Å²) in [4.78, 5) is 25.5. The first kappa shape index (κ1) is 15.0. The molecular weight excluding hydrogens is 317 g/mol. The summed E-state index contributed by atoms with van der Waals surface area (Å²) in [6, 6.07) is 4.29. The van der Waals surface area contributed by atoms with E-state index in [9.17, 15) is 9.18 Å². The lowest BCUT2D eigenvalue weighted by Gasteiger charge is -2.19. The summed E-state index contributed by atoms with van der Waals surface area (Å²) in [5, 5.41) is 4.27. The molecule has 0 bridgehead atoms. The third kappa shape index (κ3) is 3.49. The van der Waals surface area contributed by atoms with E-state index < -0.39 is 5.82 Å². The number of anilines is 3. The average Bonchev–Trinajstić information content (AvgIpc) is 3.09. The van der Waals surface area contributed by atoms with Gasteiger partial charge < -0.3 is 10.2 Å². The molecule has 8 heteroatoms. The van der Waals surface area contributed by atoms with Crippen LogP contribution in [0.2, 0.25) is 0 Å². The number of carbonyl (C=O) groups excluding carboxylic acids is 1. The number of hydrogen-bond donors (Lipinski definition) is 1. The summed E-state index contributed by atoms with van der Waals surface area (Å²) >= 11 is 1.32. The molecule has 23 heavy (non-hydrogen) atoms. The molecule has 2 heterocycles.